The van der Waals surface area contributed by atoms with Crippen molar-refractivity contribution in [2.75, 3.05) is 26.7 Å². The van der Waals surface area contributed by atoms with E-state index in [1.165, 1.54) is 12.1 Å². The molecule has 2 fully saturated rings. The molecule has 0 aromatic heterocycles. The zero-order valence-corrected chi connectivity index (χ0v) is 22.7. The average Bonchev–Trinajstić information content (AvgIpc) is 3.54. The number of benzene rings is 1. The Kier molecular flexibility index (Phi) is 10.1. The number of carbonyl (C=O) groups excluding carboxylic acids is 3. The Bertz CT molecular complexity index is 914. The number of halogens is 1. The van der Waals surface area contributed by atoms with E-state index >= 15 is 0 Å². The van der Waals surface area contributed by atoms with Crippen molar-refractivity contribution < 1.29 is 24.0 Å². The zero-order chi connectivity index (χ0) is 27.2. The highest BCUT2D eigenvalue weighted by Gasteiger charge is 2.40. The van der Waals surface area contributed by atoms with Gasteiger partial charge in [-0.05, 0) is 48.9 Å². The molecular weight excluding hydrogens is 475 g/mol. The van der Waals surface area contributed by atoms with Gasteiger partial charge >= 0.3 is 0 Å². The first-order valence-electron chi connectivity index (χ1n) is 13.4. The van der Waals surface area contributed by atoms with Crippen LogP contribution in [-0.4, -0.2) is 77.1 Å². The molecule has 3 atom stereocenters. The molecule has 206 valence electrons. The van der Waals surface area contributed by atoms with E-state index in [1.54, 1.807) is 12.1 Å². The second-order valence-corrected chi connectivity index (χ2v) is 11.9. The number of carbonyl (C=O) groups is 3. The summed E-state index contributed by atoms with van der Waals surface area (Å²) in [6.07, 6.45) is 6.05. The van der Waals surface area contributed by atoms with E-state index < -0.39 is 17.4 Å². The number of rotatable bonds is 11. The number of nitrogens with zero attached hydrogens (tertiary/aromatic N) is 3. The lowest BCUT2D eigenvalue weighted by atomic mass is 9.84. The van der Waals surface area contributed by atoms with Gasteiger partial charge in [0.05, 0.1) is 12.5 Å². The second kappa shape index (κ2) is 12.8. The van der Waals surface area contributed by atoms with E-state index in [-0.39, 0.29) is 30.2 Å². The molecule has 2 aliphatic rings. The van der Waals surface area contributed by atoms with Crippen molar-refractivity contribution in [1.82, 2.24) is 20.2 Å². The number of nitrogens with one attached hydrogen (secondary N) is 1. The summed E-state index contributed by atoms with van der Waals surface area (Å²) in [6.45, 7) is 7.51. The molecule has 37 heavy (non-hydrogen) atoms. The summed E-state index contributed by atoms with van der Waals surface area (Å²) >= 11 is 0. The zero-order valence-electron chi connectivity index (χ0n) is 22.7. The van der Waals surface area contributed by atoms with Crippen molar-refractivity contribution in [2.45, 2.75) is 77.9 Å². The van der Waals surface area contributed by atoms with Gasteiger partial charge in [0.1, 0.15) is 11.9 Å². The third kappa shape index (κ3) is 8.23. The summed E-state index contributed by atoms with van der Waals surface area (Å²) in [6, 6.07) is 5.89. The molecule has 3 amide bonds. The van der Waals surface area contributed by atoms with Crippen LogP contribution in [0.15, 0.2) is 24.3 Å². The summed E-state index contributed by atoms with van der Waals surface area (Å²) in [7, 11) is 2.01. The minimum absolute atomic E-state index is 0.0865. The topological polar surface area (TPSA) is 93.2 Å². The SMILES string of the molecule is CN(Cc1ccc(F)cc1)[C@@H]1CCN(C(=O)[C@@H](NC(=O)[C@H](CC2CCCC2)CN(O)C=O)C(C)(C)C)C1. The molecule has 8 nitrogen and oxygen atoms in total. The maximum Gasteiger partial charge on any atom is 0.245 e. The molecule has 1 aromatic carbocycles. The highest BCUT2D eigenvalue weighted by atomic mass is 19.1. The number of likely N-dealkylation sites (tertiary alicyclic amines) is 1. The van der Waals surface area contributed by atoms with Gasteiger partial charge in [-0.3, -0.25) is 24.5 Å². The summed E-state index contributed by atoms with van der Waals surface area (Å²) in [5.41, 5.74) is 0.488. The lowest BCUT2D eigenvalue weighted by Gasteiger charge is -2.35. The van der Waals surface area contributed by atoms with Crippen LogP contribution in [0.2, 0.25) is 0 Å². The van der Waals surface area contributed by atoms with Gasteiger partial charge in [-0.25, -0.2) is 9.45 Å². The van der Waals surface area contributed by atoms with E-state index in [1.807, 2.05) is 32.7 Å². The van der Waals surface area contributed by atoms with Gasteiger partial charge in [0, 0.05) is 25.7 Å². The molecule has 2 N–H and O–H groups in total. The predicted molar refractivity (Wildman–Crippen MR) is 139 cm³/mol. The van der Waals surface area contributed by atoms with Crippen LogP contribution < -0.4 is 5.32 Å². The summed E-state index contributed by atoms with van der Waals surface area (Å²) < 4.78 is 13.2. The Morgan fingerprint density at radius 1 is 1.19 bits per heavy atom. The number of hydrogen-bond acceptors (Lipinski definition) is 5. The monoisotopic (exact) mass is 518 g/mol. The first-order chi connectivity index (χ1) is 17.5. The van der Waals surface area contributed by atoms with Gasteiger partial charge in [0.25, 0.3) is 0 Å². The highest BCUT2D eigenvalue weighted by Crippen LogP contribution is 2.31. The van der Waals surface area contributed by atoms with Gasteiger partial charge < -0.3 is 10.2 Å². The molecule has 1 aromatic rings. The van der Waals surface area contributed by atoms with Crippen LogP contribution in [0.5, 0.6) is 0 Å². The molecule has 1 heterocycles. The molecule has 0 radical (unpaired) electrons. The smallest absolute Gasteiger partial charge is 0.245 e. The molecule has 1 aliphatic heterocycles. The van der Waals surface area contributed by atoms with Crippen molar-refractivity contribution in [3.05, 3.63) is 35.6 Å². The first kappa shape index (κ1) is 29.0. The Labute approximate surface area is 220 Å². The Morgan fingerprint density at radius 2 is 1.84 bits per heavy atom. The van der Waals surface area contributed by atoms with Crippen molar-refractivity contribution >= 4 is 18.2 Å². The fourth-order valence-electron chi connectivity index (χ4n) is 5.58. The number of hydrogen-bond donors (Lipinski definition) is 2. The highest BCUT2D eigenvalue weighted by molar-refractivity contribution is 5.89. The molecule has 0 bridgehead atoms. The minimum Gasteiger partial charge on any atom is -0.344 e. The van der Waals surface area contributed by atoms with Gasteiger partial charge in [-0.2, -0.15) is 0 Å². The molecule has 1 saturated carbocycles. The van der Waals surface area contributed by atoms with Crippen LogP contribution in [0, 0.1) is 23.1 Å². The molecule has 1 aliphatic carbocycles. The number of likely N-dealkylation sites (N-methyl/N-ethyl adjacent to an activating group) is 1. The third-order valence-electron chi connectivity index (χ3n) is 7.84. The fraction of sp³-hybridized carbons (Fsp3) is 0.679. The maximum absolute atomic E-state index is 13.7. The van der Waals surface area contributed by atoms with Crippen molar-refractivity contribution in [3.63, 3.8) is 0 Å². The van der Waals surface area contributed by atoms with Crippen LogP contribution >= 0.6 is 0 Å². The Hall–Kier alpha value is -2.52. The van der Waals surface area contributed by atoms with Crippen molar-refractivity contribution in [1.29, 1.82) is 0 Å². The number of hydroxylamine groups is 2. The van der Waals surface area contributed by atoms with E-state index in [4.69, 9.17) is 0 Å². The quantitative estimate of drug-likeness (QED) is 0.266. The van der Waals surface area contributed by atoms with Crippen LogP contribution in [0.4, 0.5) is 4.39 Å². The van der Waals surface area contributed by atoms with Crippen LogP contribution in [0.25, 0.3) is 0 Å². The second-order valence-electron chi connectivity index (χ2n) is 11.9. The van der Waals surface area contributed by atoms with Crippen LogP contribution in [0.1, 0.15) is 64.9 Å². The maximum atomic E-state index is 13.7. The molecule has 0 unspecified atom stereocenters. The Balaban J connectivity index is 1.64. The largest absolute Gasteiger partial charge is 0.344 e. The van der Waals surface area contributed by atoms with Crippen LogP contribution in [-0.2, 0) is 20.9 Å². The first-order valence-corrected chi connectivity index (χ1v) is 13.4. The summed E-state index contributed by atoms with van der Waals surface area (Å²) in [5, 5.41) is 13.3. The predicted octanol–water partition coefficient (Wildman–Crippen LogP) is 3.43. The van der Waals surface area contributed by atoms with E-state index in [9.17, 15) is 24.0 Å². The van der Waals surface area contributed by atoms with E-state index in [2.05, 4.69) is 10.2 Å². The molecule has 9 heteroatoms. The van der Waals surface area contributed by atoms with E-state index in [0.29, 0.717) is 43.4 Å². The third-order valence-corrected chi connectivity index (χ3v) is 7.84. The van der Waals surface area contributed by atoms with Gasteiger partial charge in [-0.1, -0.05) is 58.6 Å². The normalized spacial score (nSPS) is 20.2. The van der Waals surface area contributed by atoms with Gasteiger partial charge in [0.15, 0.2) is 0 Å². The minimum atomic E-state index is -0.726. The molecular formula is C28H43FN4O4. The van der Waals surface area contributed by atoms with Crippen LogP contribution in [0.3, 0.4) is 0 Å². The van der Waals surface area contributed by atoms with Crippen molar-refractivity contribution in [3.8, 4) is 0 Å². The Morgan fingerprint density at radius 3 is 2.43 bits per heavy atom. The van der Waals surface area contributed by atoms with E-state index in [0.717, 1.165) is 37.7 Å². The summed E-state index contributed by atoms with van der Waals surface area (Å²) in [5.74, 6) is -0.873. The van der Waals surface area contributed by atoms with Crippen molar-refractivity contribution in [2.24, 2.45) is 17.3 Å². The molecule has 3 rings (SSSR count). The number of amides is 3. The molecule has 0 spiro atoms. The average molecular weight is 519 g/mol. The summed E-state index contributed by atoms with van der Waals surface area (Å²) in [4.78, 5) is 42.1. The van der Waals surface area contributed by atoms with Gasteiger partial charge in [-0.15, -0.1) is 0 Å². The fourth-order valence-corrected chi connectivity index (χ4v) is 5.58. The molecule has 1 saturated heterocycles. The lowest BCUT2D eigenvalue weighted by Crippen LogP contribution is -2.56. The lowest BCUT2D eigenvalue weighted by molar-refractivity contribution is -0.155. The standard InChI is InChI=1S/C28H43FN4O4/c1-28(2,3)25(30-26(35)22(17-33(37)19-34)15-20-7-5-6-8-20)27(36)32-14-13-24(18-32)31(4)16-21-9-11-23(29)12-10-21/h9-12,19-20,22,24-25,37H,5-8,13-18H2,1-4H3,(H,30,35)/t22-,24-,25-/m1/s1. The van der Waals surface area contributed by atoms with Gasteiger partial charge in [0.2, 0.25) is 18.2 Å².